The first-order chi connectivity index (χ1) is 9.85. The van der Waals surface area contributed by atoms with Crippen LogP contribution in [0.5, 0.6) is 0 Å². The van der Waals surface area contributed by atoms with Crippen molar-refractivity contribution in [3.05, 3.63) is 18.2 Å². The molecule has 20 heavy (non-hydrogen) atoms. The summed E-state index contributed by atoms with van der Waals surface area (Å²) >= 11 is 0. The fourth-order valence-electron chi connectivity index (χ4n) is 3.50. The standard InChI is InChI=1S/C17H31N3/c1-3-9-18-14-16-8-6-5-7-15(16)13-17-19-10-12-20(17)11-4-2/h10,12,15-16,18H,3-9,11,13-14H2,1-2H3. The van der Waals surface area contributed by atoms with E-state index in [4.69, 9.17) is 0 Å². The predicted molar refractivity (Wildman–Crippen MR) is 84.8 cm³/mol. The van der Waals surface area contributed by atoms with Crippen LogP contribution in [0, 0.1) is 11.8 Å². The second-order valence-corrected chi connectivity index (χ2v) is 6.25. The van der Waals surface area contributed by atoms with Crippen LogP contribution < -0.4 is 5.32 Å². The van der Waals surface area contributed by atoms with Gasteiger partial charge in [0.25, 0.3) is 0 Å². The smallest absolute Gasteiger partial charge is 0.108 e. The molecule has 1 aliphatic carbocycles. The zero-order chi connectivity index (χ0) is 14.2. The summed E-state index contributed by atoms with van der Waals surface area (Å²) in [6.45, 7) is 7.95. The van der Waals surface area contributed by atoms with Gasteiger partial charge in [0.2, 0.25) is 0 Å². The number of nitrogens with one attached hydrogen (secondary N) is 1. The summed E-state index contributed by atoms with van der Waals surface area (Å²) in [4.78, 5) is 4.60. The molecule has 1 aliphatic rings. The number of aromatic nitrogens is 2. The Balaban J connectivity index is 1.92. The van der Waals surface area contributed by atoms with Crippen LogP contribution in [0.25, 0.3) is 0 Å². The molecule has 1 N–H and O–H groups in total. The third-order valence-electron chi connectivity index (χ3n) is 4.61. The van der Waals surface area contributed by atoms with Gasteiger partial charge in [0.15, 0.2) is 0 Å². The molecule has 0 radical (unpaired) electrons. The highest BCUT2D eigenvalue weighted by Gasteiger charge is 2.26. The van der Waals surface area contributed by atoms with Gasteiger partial charge >= 0.3 is 0 Å². The van der Waals surface area contributed by atoms with E-state index in [1.54, 1.807) is 0 Å². The lowest BCUT2D eigenvalue weighted by Crippen LogP contribution is -2.32. The van der Waals surface area contributed by atoms with Crippen molar-refractivity contribution in [1.82, 2.24) is 14.9 Å². The lowest BCUT2D eigenvalue weighted by molar-refractivity contribution is 0.224. The molecule has 0 bridgehead atoms. The van der Waals surface area contributed by atoms with Crippen molar-refractivity contribution >= 4 is 0 Å². The Labute approximate surface area is 124 Å². The molecule has 0 saturated heterocycles. The molecule has 1 aromatic rings. The minimum Gasteiger partial charge on any atom is -0.335 e. The van der Waals surface area contributed by atoms with Gasteiger partial charge in [-0.15, -0.1) is 0 Å². The van der Waals surface area contributed by atoms with Crippen molar-refractivity contribution in [1.29, 1.82) is 0 Å². The van der Waals surface area contributed by atoms with Gasteiger partial charge in [-0.3, -0.25) is 0 Å². The molecule has 0 aromatic carbocycles. The molecule has 3 heteroatoms. The highest BCUT2D eigenvalue weighted by atomic mass is 15.1. The largest absolute Gasteiger partial charge is 0.335 e. The first-order valence-corrected chi connectivity index (χ1v) is 8.55. The summed E-state index contributed by atoms with van der Waals surface area (Å²) in [5.41, 5.74) is 0. The van der Waals surface area contributed by atoms with Crippen molar-refractivity contribution in [3.63, 3.8) is 0 Å². The Kier molecular flexibility index (Phi) is 6.58. The minimum atomic E-state index is 0.825. The molecule has 0 amide bonds. The van der Waals surface area contributed by atoms with E-state index in [1.165, 1.54) is 57.3 Å². The maximum atomic E-state index is 4.60. The molecular weight excluding hydrogens is 246 g/mol. The summed E-state index contributed by atoms with van der Waals surface area (Å²) in [6, 6.07) is 0. The first-order valence-electron chi connectivity index (χ1n) is 8.55. The summed E-state index contributed by atoms with van der Waals surface area (Å²) in [6.07, 6.45) is 13.3. The van der Waals surface area contributed by atoms with Crippen LogP contribution in [0.4, 0.5) is 0 Å². The van der Waals surface area contributed by atoms with E-state index in [0.29, 0.717) is 0 Å². The lowest BCUT2D eigenvalue weighted by Gasteiger charge is -2.31. The summed E-state index contributed by atoms with van der Waals surface area (Å²) in [5.74, 6) is 2.98. The predicted octanol–water partition coefficient (Wildman–Crippen LogP) is 3.64. The molecule has 1 saturated carbocycles. The average Bonchev–Trinajstić information content (AvgIpc) is 2.89. The molecule has 0 aliphatic heterocycles. The van der Waals surface area contributed by atoms with E-state index in [2.05, 4.69) is 34.9 Å². The minimum absolute atomic E-state index is 0.825. The fourth-order valence-corrected chi connectivity index (χ4v) is 3.50. The molecule has 2 atom stereocenters. The molecule has 2 unspecified atom stereocenters. The van der Waals surface area contributed by atoms with Crippen LogP contribution in [0.1, 0.15) is 58.2 Å². The van der Waals surface area contributed by atoms with Crippen LogP contribution in [0.3, 0.4) is 0 Å². The topological polar surface area (TPSA) is 29.9 Å². The highest BCUT2D eigenvalue weighted by molar-refractivity contribution is 4.96. The van der Waals surface area contributed by atoms with Crippen LogP contribution in [0.2, 0.25) is 0 Å². The molecule has 1 aromatic heterocycles. The van der Waals surface area contributed by atoms with Crippen molar-refractivity contribution in [3.8, 4) is 0 Å². The number of imidazole rings is 1. The van der Waals surface area contributed by atoms with Gasteiger partial charge in [-0.25, -0.2) is 4.98 Å². The summed E-state index contributed by atoms with van der Waals surface area (Å²) in [5, 5.41) is 3.63. The normalized spacial score (nSPS) is 23.1. The number of aryl methyl sites for hydroxylation is 1. The van der Waals surface area contributed by atoms with Gasteiger partial charge in [0.05, 0.1) is 0 Å². The summed E-state index contributed by atoms with van der Waals surface area (Å²) in [7, 11) is 0. The Morgan fingerprint density at radius 3 is 2.75 bits per heavy atom. The van der Waals surface area contributed by atoms with Crippen molar-refractivity contribution in [2.45, 2.75) is 65.3 Å². The van der Waals surface area contributed by atoms with E-state index in [1.807, 2.05) is 6.20 Å². The SMILES string of the molecule is CCCNCC1CCCCC1Cc1nccn1CCC. The van der Waals surface area contributed by atoms with E-state index in [-0.39, 0.29) is 0 Å². The quantitative estimate of drug-likeness (QED) is 0.735. The molecule has 2 rings (SSSR count). The van der Waals surface area contributed by atoms with Gasteiger partial charge in [-0.1, -0.05) is 26.7 Å². The number of nitrogens with zero attached hydrogens (tertiary/aromatic N) is 2. The van der Waals surface area contributed by atoms with E-state index in [0.717, 1.165) is 24.9 Å². The molecule has 1 heterocycles. The second-order valence-electron chi connectivity index (χ2n) is 6.25. The molecule has 114 valence electrons. The second kappa shape index (κ2) is 8.46. The van der Waals surface area contributed by atoms with Crippen molar-refractivity contribution in [2.75, 3.05) is 13.1 Å². The monoisotopic (exact) mass is 277 g/mol. The maximum absolute atomic E-state index is 4.60. The first kappa shape index (κ1) is 15.6. The Bertz CT molecular complexity index is 372. The number of rotatable bonds is 8. The zero-order valence-electron chi connectivity index (χ0n) is 13.3. The van der Waals surface area contributed by atoms with E-state index in [9.17, 15) is 0 Å². The molecule has 3 nitrogen and oxygen atoms in total. The van der Waals surface area contributed by atoms with Gasteiger partial charge in [-0.05, 0) is 50.6 Å². The van der Waals surface area contributed by atoms with Crippen LogP contribution in [-0.2, 0) is 13.0 Å². The average molecular weight is 277 g/mol. The summed E-state index contributed by atoms with van der Waals surface area (Å²) < 4.78 is 2.35. The molecule has 0 spiro atoms. The van der Waals surface area contributed by atoms with Gasteiger partial charge < -0.3 is 9.88 Å². The zero-order valence-corrected chi connectivity index (χ0v) is 13.3. The molecular formula is C17H31N3. The Morgan fingerprint density at radius 2 is 2.00 bits per heavy atom. The lowest BCUT2D eigenvalue weighted by atomic mass is 9.77. The number of hydrogen-bond acceptors (Lipinski definition) is 2. The van der Waals surface area contributed by atoms with Crippen LogP contribution in [0.15, 0.2) is 12.4 Å². The van der Waals surface area contributed by atoms with E-state index >= 15 is 0 Å². The van der Waals surface area contributed by atoms with Crippen LogP contribution in [-0.4, -0.2) is 22.6 Å². The van der Waals surface area contributed by atoms with Crippen LogP contribution >= 0.6 is 0 Å². The van der Waals surface area contributed by atoms with Gasteiger partial charge in [0.1, 0.15) is 5.82 Å². The van der Waals surface area contributed by atoms with E-state index < -0.39 is 0 Å². The van der Waals surface area contributed by atoms with Crippen molar-refractivity contribution in [2.24, 2.45) is 11.8 Å². The molecule has 1 fully saturated rings. The maximum Gasteiger partial charge on any atom is 0.108 e. The fraction of sp³-hybridized carbons (Fsp3) is 0.824. The Morgan fingerprint density at radius 1 is 1.20 bits per heavy atom. The van der Waals surface area contributed by atoms with Gasteiger partial charge in [-0.2, -0.15) is 0 Å². The third-order valence-corrected chi connectivity index (χ3v) is 4.61. The third kappa shape index (κ3) is 4.34. The van der Waals surface area contributed by atoms with Crippen molar-refractivity contribution < 1.29 is 0 Å². The number of hydrogen-bond donors (Lipinski definition) is 1. The van der Waals surface area contributed by atoms with Gasteiger partial charge in [0, 0.05) is 25.4 Å². The highest BCUT2D eigenvalue weighted by Crippen LogP contribution is 2.32. The Hall–Kier alpha value is -0.830.